The lowest BCUT2D eigenvalue weighted by Gasteiger charge is -2.10. The van der Waals surface area contributed by atoms with E-state index in [1.807, 2.05) is 59.2 Å². The third kappa shape index (κ3) is 5.83. The molecule has 33 heavy (non-hydrogen) atoms. The summed E-state index contributed by atoms with van der Waals surface area (Å²) in [7, 11) is 0. The number of halogens is 3. The molecule has 1 N–H and O–H groups in total. The second-order valence-corrected chi connectivity index (χ2v) is 9.35. The normalized spacial score (nSPS) is 11.1. The minimum absolute atomic E-state index is 0.101. The van der Waals surface area contributed by atoms with Crippen molar-refractivity contribution in [3.05, 3.63) is 92.9 Å². The number of hydrogen-bond donors (Lipinski definition) is 1. The first-order chi connectivity index (χ1) is 16.0. The fraction of sp³-hybridized carbons (Fsp3) is 0.0435. The molecule has 6 nitrogen and oxygen atoms in total. The van der Waals surface area contributed by atoms with Crippen LogP contribution in [-0.4, -0.2) is 32.6 Å². The van der Waals surface area contributed by atoms with Crippen molar-refractivity contribution in [2.24, 2.45) is 5.10 Å². The van der Waals surface area contributed by atoms with Crippen molar-refractivity contribution < 1.29 is 4.79 Å². The van der Waals surface area contributed by atoms with E-state index in [1.165, 1.54) is 18.0 Å². The van der Waals surface area contributed by atoms with Crippen LogP contribution < -0.4 is 5.43 Å². The fourth-order valence-electron chi connectivity index (χ4n) is 2.92. The quantitative estimate of drug-likeness (QED) is 0.165. The second-order valence-electron chi connectivity index (χ2n) is 6.71. The molecular weight excluding hydrogens is 545 g/mol. The summed E-state index contributed by atoms with van der Waals surface area (Å²) in [6.45, 7) is 0. The van der Waals surface area contributed by atoms with Gasteiger partial charge in [-0.1, -0.05) is 93.4 Å². The average molecular weight is 561 g/mol. The minimum Gasteiger partial charge on any atom is -0.272 e. The summed E-state index contributed by atoms with van der Waals surface area (Å²) >= 11 is 16.8. The summed E-state index contributed by atoms with van der Waals surface area (Å²) in [6.07, 6.45) is 1.45. The van der Waals surface area contributed by atoms with Crippen LogP contribution in [0.5, 0.6) is 0 Å². The van der Waals surface area contributed by atoms with Crippen molar-refractivity contribution in [3.8, 4) is 17.1 Å². The van der Waals surface area contributed by atoms with Gasteiger partial charge in [-0.15, -0.1) is 10.2 Å². The number of aromatic nitrogens is 3. The van der Waals surface area contributed by atoms with Gasteiger partial charge < -0.3 is 0 Å². The number of hydrogen-bond acceptors (Lipinski definition) is 5. The Kier molecular flexibility index (Phi) is 7.82. The van der Waals surface area contributed by atoms with Gasteiger partial charge in [-0.2, -0.15) is 5.10 Å². The Morgan fingerprint density at radius 3 is 2.55 bits per heavy atom. The number of rotatable bonds is 7. The molecule has 4 aromatic rings. The lowest BCUT2D eigenvalue weighted by Crippen LogP contribution is -2.20. The molecule has 0 radical (unpaired) electrons. The van der Waals surface area contributed by atoms with Crippen molar-refractivity contribution in [1.29, 1.82) is 0 Å². The van der Waals surface area contributed by atoms with Crippen LogP contribution in [0.2, 0.25) is 10.0 Å². The molecule has 0 unspecified atom stereocenters. The van der Waals surface area contributed by atoms with E-state index >= 15 is 0 Å². The number of thioether (sulfide) groups is 1. The van der Waals surface area contributed by atoms with Crippen molar-refractivity contribution >= 4 is 63.0 Å². The molecule has 0 fully saturated rings. The summed E-state index contributed by atoms with van der Waals surface area (Å²) in [6, 6.07) is 22.8. The highest BCUT2D eigenvalue weighted by atomic mass is 79.9. The summed E-state index contributed by atoms with van der Waals surface area (Å²) in [5.74, 6) is 0.500. The Morgan fingerprint density at radius 2 is 1.79 bits per heavy atom. The Balaban J connectivity index is 1.50. The van der Waals surface area contributed by atoms with Crippen LogP contribution in [0, 0.1) is 0 Å². The van der Waals surface area contributed by atoms with Gasteiger partial charge in [0.2, 0.25) is 0 Å². The van der Waals surface area contributed by atoms with E-state index in [2.05, 4.69) is 36.7 Å². The number of amides is 1. The molecule has 4 rings (SSSR count). The van der Waals surface area contributed by atoms with Gasteiger partial charge >= 0.3 is 0 Å². The highest BCUT2D eigenvalue weighted by Gasteiger charge is 2.17. The maximum atomic E-state index is 12.4. The van der Waals surface area contributed by atoms with Gasteiger partial charge in [0.15, 0.2) is 11.0 Å². The summed E-state index contributed by atoms with van der Waals surface area (Å²) in [5.41, 5.74) is 4.92. The first-order valence-corrected chi connectivity index (χ1v) is 12.2. The molecule has 0 spiro atoms. The molecule has 10 heteroatoms. The van der Waals surface area contributed by atoms with Crippen LogP contribution in [0.25, 0.3) is 17.1 Å². The van der Waals surface area contributed by atoms with E-state index in [4.69, 9.17) is 23.2 Å². The molecule has 1 amide bonds. The van der Waals surface area contributed by atoms with Gasteiger partial charge in [0, 0.05) is 21.3 Å². The molecule has 1 heterocycles. The monoisotopic (exact) mass is 559 g/mol. The van der Waals surface area contributed by atoms with Crippen molar-refractivity contribution in [1.82, 2.24) is 20.2 Å². The van der Waals surface area contributed by atoms with E-state index in [1.54, 1.807) is 18.2 Å². The summed E-state index contributed by atoms with van der Waals surface area (Å²) < 4.78 is 2.89. The van der Waals surface area contributed by atoms with Crippen molar-refractivity contribution in [2.75, 3.05) is 5.75 Å². The number of carbonyl (C=O) groups excluding carboxylic acids is 1. The molecule has 0 atom stereocenters. The zero-order chi connectivity index (χ0) is 23.2. The van der Waals surface area contributed by atoms with E-state index in [0.29, 0.717) is 26.6 Å². The van der Waals surface area contributed by atoms with Crippen LogP contribution in [-0.2, 0) is 4.79 Å². The molecule has 0 saturated carbocycles. The lowest BCUT2D eigenvalue weighted by molar-refractivity contribution is -0.118. The number of carbonyl (C=O) groups is 1. The van der Waals surface area contributed by atoms with Gasteiger partial charge in [-0.25, -0.2) is 5.43 Å². The highest BCUT2D eigenvalue weighted by Crippen LogP contribution is 2.28. The summed E-state index contributed by atoms with van der Waals surface area (Å²) in [4.78, 5) is 12.4. The van der Waals surface area contributed by atoms with Crippen LogP contribution in [0.3, 0.4) is 0 Å². The van der Waals surface area contributed by atoms with E-state index in [0.717, 1.165) is 15.7 Å². The van der Waals surface area contributed by atoms with E-state index in [9.17, 15) is 4.79 Å². The van der Waals surface area contributed by atoms with Gasteiger partial charge in [0.1, 0.15) is 0 Å². The van der Waals surface area contributed by atoms with Crippen LogP contribution in [0.15, 0.2) is 87.5 Å². The lowest BCUT2D eigenvalue weighted by atomic mass is 10.2. The SMILES string of the molecule is O=C(CSc1nnc(-c2ccccc2)n1-c1ccc(Br)cc1)N/N=C\c1cccc(Cl)c1Cl. The zero-order valence-corrected chi connectivity index (χ0v) is 20.9. The molecule has 1 aromatic heterocycles. The van der Waals surface area contributed by atoms with Crippen molar-refractivity contribution in [3.63, 3.8) is 0 Å². The number of nitrogens with zero attached hydrogens (tertiary/aromatic N) is 4. The zero-order valence-electron chi connectivity index (χ0n) is 17.0. The molecule has 0 saturated heterocycles. The number of benzene rings is 3. The topological polar surface area (TPSA) is 72.2 Å². The first-order valence-electron chi connectivity index (χ1n) is 9.68. The minimum atomic E-state index is -0.291. The molecule has 166 valence electrons. The molecular formula is C23H16BrCl2N5OS. The molecule has 0 bridgehead atoms. The smallest absolute Gasteiger partial charge is 0.250 e. The Labute approximate surface area is 213 Å². The Bertz CT molecular complexity index is 1300. The van der Waals surface area contributed by atoms with Crippen LogP contribution in [0.1, 0.15) is 5.56 Å². The second kappa shape index (κ2) is 11.0. The predicted molar refractivity (Wildman–Crippen MR) is 137 cm³/mol. The maximum Gasteiger partial charge on any atom is 0.250 e. The third-order valence-corrected chi connectivity index (χ3v) is 6.75. The fourth-order valence-corrected chi connectivity index (χ4v) is 4.28. The summed E-state index contributed by atoms with van der Waals surface area (Å²) in [5, 5.41) is 14.1. The molecule has 0 aliphatic rings. The molecule has 3 aromatic carbocycles. The van der Waals surface area contributed by atoms with E-state index in [-0.39, 0.29) is 11.7 Å². The average Bonchev–Trinajstić information content (AvgIpc) is 3.25. The third-order valence-electron chi connectivity index (χ3n) is 4.46. The van der Waals surface area contributed by atoms with Gasteiger partial charge in [-0.05, 0) is 30.3 Å². The largest absolute Gasteiger partial charge is 0.272 e. The van der Waals surface area contributed by atoms with Gasteiger partial charge in [0.25, 0.3) is 5.91 Å². The number of hydrazone groups is 1. The van der Waals surface area contributed by atoms with Gasteiger partial charge in [-0.3, -0.25) is 9.36 Å². The van der Waals surface area contributed by atoms with Crippen LogP contribution >= 0.6 is 50.9 Å². The highest BCUT2D eigenvalue weighted by molar-refractivity contribution is 9.10. The molecule has 0 aliphatic carbocycles. The number of nitrogens with one attached hydrogen (secondary N) is 1. The predicted octanol–water partition coefficient (Wildman–Crippen LogP) is 6.25. The van der Waals surface area contributed by atoms with E-state index < -0.39 is 0 Å². The standard InChI is InChI=1S/C23H16BrCl2N5OS/c24-17-9-11-18(12-10-17)31-22(15-5-2-1-3-6-15)29-30-23(31)33-14-20(32)28-27-13-16-7-4-8-19(25)21(16)26/h1-13H,14H2,(H,28,32)/b27-13-. The Morgan fingerprint density at radius 1 is 1.03 bits per heavy atom. The van der Waals surface area contributed by atoms with Crippen molar-refractivity contribution in [2.45, 2.75) is 5.16 Å². The van der Waals surface area contributed by atoms with Gasteiger partial charge in [0.05, 0.1) is 22.0 Å². The maximum absolute atomic E-state index is 12.4. The first kappa shape index (κ1) is 23.5. The Hall–Kier alpha value is -2.65. The molecule has 0 aliphatic heterocycles. The van der Waals surface area contributed by atoms with Crippen LogP contribution in [0.4, 0.5) is 0 Å².